The van der Waals surface area contributed by atoms with E-state index in [1.54, 1.807) is 68.1 Å². The van der Waals surface area contributed by atoms with Crippen LogP contribution in [-0.2, 0) is 9.53 Å². The number of rotatable bonds is 10. The summed E-state index contributed by atoms with van der Waals surface area (Å²) in [6.07, 6.45) is 1.39. The smallest absolute Gasteiger partial charge is 0.338 e. The first-order valence-electron chi connectivity index (χ1n) is 12.3. The highest BCUT2D eigenvalue weighted by molar-refractivity contribution is 6.06. The largest absolute Gasteiger partial charge is 0.497 e. The van der Waals surface area contributed by atoms with E-state index < -0.39 is 12.0 Å². The van der Waals surface area contributed by atoms with E-state index in [0.717, 1.165) is 12.8 Å². The molecule has 0 saturated carbocycles. The minimum atomic E-state index is -0.732. The van der Waals surface area contributed by atoms with Crippen molar-refractivity contribution in [2.45, 2.75) is 52.7 Å². The highest BCUT2D eigenvalue weighted by Gasteiger charge is 2.36. The summed E-state index contributed by atoms with van der Waals surface area (Å²) < 4.78 is 16.1. The summed E-state index contributed by atoms with van der Waals surface area (Å²) in [5.74, 6) is 0.0778. The molecule has 2 N–H and O–H groups in total. The number of nitrogens with one attached hydrogen (secondary N) is 2. The molecule has 0 aromatic heterocycles. The van der Waals surface area contributed by atoms with Crippen LogP contribution in [0.25, 0.3) is 0 Å². The number of allylic oxidation sites excluding steroid dienone is 1. The van der Waals surface area contributed by atoms with Crippen molar-refractivity contribution in [3.63, 3.8) is 0 Å². The second-order valence-corrected chi connectivity index (χ2v) is 8.99. The number of esters is 1. The zero-order valence-electron chi connectivity index (χ0n) is 22.2. The van der Waals surface area contributed by atoms with E-state index in [4.69, 9.17) is 14.2 Å². The lowest BCUT2D eigenvalue weighted by atomic mass is 9.94. The maximum Gasteiger partial charge on any atom is 0.338 e. The molecular formula is C28H35N3O6. The minimum Gasteiger partial charge on any atom is -0.497 e. The molecule has 198 valence electrons. The van der Waals surface area contributed by atoms with Crippen LogP contribution in [0.2, 0.25) is 0 Å². The maximum atomic E-state index is 13.1. The molecule has 1 aliphatic heterocycles. The number of urea groups is 1. The first-order valence-corrected chi connectivity index (χ1v) is 12.3. The van der Waals surface area contributed by atoms with Gasteiger partial charge in [0.05, 0.1) is 37.5 Å². The Morgan fingerprint density at radius 3 is 2.51 bits per heavy atom. The molecular weight excluding hydrogens is 474 g/mol. The number of hydrogen-bond donors (Lipinski definition) is 2. The highest BCUT2D eigenvalue weighted by Crippen LogP contribution is 2.33. The fourth-order valence-electron chi connectivity index (χ4n) is 4.14. The number of amides is 3. The third-order valence-corrected chi connectivity index (χ3v) is 6.03. The van der Waals surface area contributed by atoms with Gasteiger partial charge in [-0.25, -0.2) is 9.59 Å². The van der Waals surface area contributed by atoms with Gasteiger partial charge in [0.1, 0.15) is 11.5 Å². The number of nitrogens with zero attached hydrogens (tertiary/aromatic N) is 1. The van der Waals surface area contributed by atoms with E-state index in [-0.39, 0.29) is 18.0 Å². The molecule has 3 rings (SSSR count). The van der Waals surface area contributed by atoms with Gasteiger partial charge in [-0.3, -0.25) is 9.69 Å². The molecule has 1 unspecified atom stereocenters. The third-order valence-electron chi connectivity index (χ3n) is 6.03. The van der Waals surface area contributed by atoms with Gasteiger partial charge in [-0.15, -0.1) is 0 Å². The first-order chi connectivity index (χ1) is 17.7. The van der Waals surface area contributed by atoms with Crippen LogP contribution in [0.5, 0.6) is 11.5 Å². The number of unbranched alkanes of at least 4 members (excludes halogenated alkanes) is 1. The molecule has 3 amide bonds. The Kier molecular flexibility index (Phi) is 9.16. The molecule has 0 spiro atoms. The highest BCUT2D eigenvalue weighted by atomic mass is 16.5. The minimum absolute atomic E-state index is 0.283. The predicted octanol–water partition coefficient (Wildman–Crippen LogP) is 5.05. The molecule has 9 nitrogen and oxygen atoms in total. The van der Waals surface area contributed by atoms with Crippen molar-refractivity contribution in [2.24, 2.45) is 0 Å². The van der Waals surface area contributed by atoms with Crippen molar-refractivity contribution >= 4 is 23.6 Å². The van der Waals surface area contributed by atoms with E-state index in [2.05, 4.69) is 10.6 Å². The van der Waals surface area contributed by atoms with Crippen LogP contribution in [-0.4, -0.2) is 49.7 Å². The Labute approximate surface area is 217 Å². The van der Waals surface area contributed by atoms with E-state index >= 15 is 0 Å². The Bertz CT molecular complexity index is 1190. The average molecular weight is 510 g/mol. The van der Waals surface area contributed by atoms with E-state index in [0.29, 0.717) is 46.1 Å². The summed E-state index contributed by atoms with van der Waals surface area (Å²) >= 11 is 0. The van der Waals surface area contributed by atoms with E-state index in [9.17, 15) is 14.4 Å². The summed E-state index contributed by atoms with van der Waals surface area (Å²) in [6.45, 7) is 7.86. The zero-order valence-corrected chi connectivity index (χ0v) is 22.2. The predicted molar refractivity (Wildman–Crippen MR) is 141 cm³/mol. The van der Waals surface area contributed by atoms with Gasteiger partial charge in [0.15, 0.2) is 0 Å². The quantitative estimate of drug-likeness (QED) is 0.434. The van der Waals surface area contributed by atoms with Gasteiger partial charge in [-0.1, -0.05) is 25.5 Å². The summed E-state index contributed by atoms with van der Waals surface area (Å²) in [4.78, 5) is 40.7. The summed E-state index contributed by atoms with van der Waals surface area (Å²) in [7, 11) is 3.02. The molecule has 9 heteroatoms. The topological polar surface area (TPSA) is 106 Å². The number of ether oxygens (including phenoxy) is 3. The van der Waals surface area contributed by atoms with Gasteiger partial charge in [0.25, 0.3) is 5.91 Å². The van der Waals surface area contributed by atoms with Gasteiger partial charge in [0.2, 0.25) is 0 Å². The average Bonchev–Trinajstić information content (AvgIpc) is 2.87. The van der Waals surface area contributed by atoms with Crippen molar-refractivity contribution < 1.29 is 28.6 Å². The second kappa shape index (κ2) is 12.3. The van der Waals surface area contributed by atoms with E-state index in [1.165, 1.54) is 14.2 Å². The molecule has 1 aliphatic rings. The van der Waals surface area contributed by atoms with Crippen LogP contribution in [0.1, 0.15) is 62.5 Å². The van der Waals surface area contributed by atoms with Crippen LogP contribution in [0, 0.1) is 0 Å². The van der Waals surface area contributed by atoms with Gasteiger partial charge in [-0.05, 0) is 57.0 Å². The molecule has 0 aliphatic carbocycles. The van der Waals surface area contributed by atoms with Crippen molar-refractivity contribution in [1.29, 1.82) is 0 Å². The summed E-state index contributed by atoms with van der Waals surface area (Å²) in [6, 6.07) is 10.9. The normalized spacial score (nSPS) is 15.4. The van der Waals surface area contributed by atoms with Crippen molar-refractivity contribution in [1.82, 2.24) is 10.2 Å². The maximum absolute atomic E-state index is 13.1. The van der Waals surface area contributed by atoms with Crippen molar-refractivity contribution in [2.75, 3.05) is 26.1 Å². The lowest BCUT2D eigenvalue weighted by Crippen LogP contribution is -2.48. The van der Waals surface area contributed by atoms with Crippen LogP contribution < -0.4 is 20.1 Å². The molecule has 0 bridgehead atoms. The monoisotopic (exact) mass is 509 g/mol. The summed E-state index contributed by atoms with van der Waals surface area (Å²) in [5.41, 5.74) is 2.40. The first kappa shape index (κ1) is 27.6. The van der Waals surface area contributed by atoms with Crippen molar-refractivity contribution in [3.8, 4) is 11.5 Å². The number of anilines is 1. The molecule has 0 fully saturated rings. The lowest BCUT2D eigenvalue weighted by Gasteiger charge is -2.35. The van der Waals surface area contributed by atoms with Gasteiger partial charge in [0, 0.05) is 24.0 Å². The second-order valence-electron chi connectivity index (χ2n) is 8.99. The molecule has 0 radical (unpaired) electrons. The SMILES string of the molecule is CCCCN1C(=O)NC(c2cccc(NC(=O)c3ccc(OC)cc3OC)c2)C(C(=O)OC(C)C)=C1C. The van der Waals surface area contributed by atoms with E-state index in [1.807, 2.05) is 6.92 Å². The number of methoxy groups -OCH3 is 2. The molecule has 1 atom stereocenters. The lowest BCUT2D eigenvalue weighted by molar-refractivity contribution is -0.143. The molecule has 2 aromatic carbocycles. The number of hydrogen-bond acceptors (Lipinski definition) is 6. The van der Waals surface area contributed by atoms with Crippen LogP contribution in [0.3, 0.4) is 0 Å². The van der Waals surface area contributed by atoms with Crippen LogP contribution in [0.4, 0.5) is 10.5 Å². The fraction of sp³-hybridized carbons (Fsp3) is 0.393. The molecule has 0 saturated heterocycles. The van der Waals surface area contributed by atoms with Crippen molar-refractivity contribution in [3.05, 3.63) is 64.9 Å². The Morgan fingerprint density at radius 2 is 1.86 bits per heavy atom. The standard InChI is InChI=1S/C28H35N3O6/c1-7-8-14-31-18(4)24(27(33)37-17(2)3)25(30-28(31)34)19-10-9-11-20(15-19)29-26(32)22-13-12-21(35-5)16-23(22)36-6/h9-13,15-17,25H,7-8,14H2,1-6H3,(H,29,32)(H,30,34). The van der Waals surface area contributed by atoms with Gasteiger partial charge >= 0.3 is 12.0 Å². The Hall–Kier alpha value is -4.01. The molecule has 37 heavy (non-hydrogen) atoms. The van der Waals surface area contributed by atoms with Crippen LogP contribution in [0.15, 0.2) is 53.7 Å². The number of benzene rings is 2. The third kappa shape index (κ3) is 6.41. The van der Waals surface area contributed by atoms with Gasteiger partial charge < -0.3 is 24.8 Å². The Morgan fingerprint density at radius 1 is 1.11 bits per heavy atom. The summed E-state index contributed by atoms with van der Waals surface area (Å²) in [5, 5.41) is 5.82. The van der Waals surface area contributed by atoms with Crippen LogP contribution >= 0.6 is 0 Å². The molecule has 1 heterocycles. The number of carbonyl (C=O) groups excluding carboxylic acids is 3. The molecule has 2 aromatic rings. The zero-order chi connectivity index (χ0) is 27.1. The van der Waals surface area contributed by atoms with Gasteiger partial charge in [-0.2, -0.15) is 0 Å². The Balaban J connectivity index is 1.94. The number of carbonyl (C=O) groups is 3. The fourth-order valence-corrected chi connectivity index (χ4v) is 4.14.